The number of nitrogens with zero attached hydrogens (tertiary/aromatic N) is 5. The van der Waals surface area contributed by atoms with E-state index < -0.39 is 0 Å². The molecule has 0 aliphatic carbocycles. The highest BCUT2D eigenvalue weighted by Crippen LogP contribution is 2.34. The van der Waals surface area contributed by atoms with Gasteiger partial charge in [-0.3, -0.25) is 14.7 Å². The summed E-state index contributed by atoms with van der Waals surface area (Å²) in [7, 11) is 3.86. The number of hydrogen-bond donors (Lipinski definition) is 2. The van der Waals surface area contributed by atoms with Crippen LogP contribution in [0.3, 0.4) is 0 Å². The van der Waals surface area contributed by atoms with Crippen molar-refractivity contribution in [2.45, 2.75) is 0 Å². The fourth-order valence-corrected chi connectivity index (χ4v) is 4.73. The Labute approximate surface area is 220 Å². The van der Waals surface area contributed by atoms with Crippen LogP contribution in [-0.2, 0) is 4.79 Å². The van der Waals surface area contributed by atoms with Crippen molar-refractivity contribution in [1.82, 2.24) is 19.8 Å². The van der Waals surface area contributed by atoms with Gasteiger partial charge in [0.2, 0.25) is 5.91 Å². The first-order valence-electron chi connectivity index (χ1n) is 12.2. The minimum Gasteiger partial charge on any atom is -0.494 e. The topological polar surface area (TPSA) is 88.1 Å². The molecule has 1 aliphatic heterocycles. The summed E-state index contributed by atoms with van der Waals surface area (Å²) in [6, 6.07) is 16.8. The van der Waals surface area contributed by atoms with Gasteiger partial charge in [0.1, 0.15) is 5.69 Å². The number of carbonyl (C=O) groups is 1. The van der Waals surface area contributed by atoms with E-state index >= 15 is 0 Å². The number of likely N-dealkylation sites (N-methyl/N-ethyl adjacent to an activating group) is 2. The second-order valence-corrected chi connectivity index (χ2v) is 9.70. The van der Waals surface area contributed by atoms with E-state index in [1.54, 1.807) is 42.5 Å². The van der Waals surface area contributed by atoms with Crippen LogP contribution in [0.5, 0.6) is 5.88 Å². The van der Waals surface area contributed by atoms with Gasteiger partial charge in [-0.05, 0) is 25.2 Å². The van der Waals surface area contributed by atoms with Crippen molar-refractivity contribution >= 4 is 45.5 Å². The Balaban J connectivity index is 1.55. The fourth-order valence-electron chi connectivity index (χ4n) is 4.56. The van der Waals surface area contributed by atoms with E-state index in [2.05, 4.69) is 26.8 Å². The Morgan fingerprint density at radius 2 is 1.89 bits per heavy atom. The molecule has 2 aromatic heterocycles. The number of H-pyrrole nitrogens is 1. The normalized spacial score (nSPS) is 15.3. The lowest BCUT2D eigenvalue weighted by molar-refractivity contribution is -0.119. The Morgan fingerprint density at radius 3 is 2.65 bits per heavy atom. The molecule has 0 saturated carbocycles. The highest BCUT2D eigenvalue weighted by Gasteiger charge is 2.23. The Kier molecular flexibility index (Phi) is 7.23. The van der Waals surface area contributed by atoms with Crippen molar-refractivity contribution < 1.29 is 9.90 Å². The number of aromatic amines is 1. The number of aromatic nitrogens is 2. The SMILES string of the molecule is CN1CCN(CC(=O)N(C)c2ccncc2N=C(c2ccccc2)c2c(O)[nH]c3cc(Cl)ccc23)CC1. The van der Waals surface area contributed by atoms with Crippen molar-refractivity contribution in [2.24, 2.45) is 4.99 Å². The second-order valence-electron chi connectivity index (χ2n) is 9.26. The number of anilines is 1. The first kappa shape index (κ1) is 25.0. The summed E-state index contributed by atoms with van der Waals surface area (Å²) >= 11 is 6.19. The van der Waals surface area contributed by atoms with E-state index in [0.29, 0.717) is 39.7 Å². The number of halogens is 1. The average Bonchev–Trinajstić information content (AvgIpc) is 3.23. The lowest BCUT2D eigenvalue weighted by atomic mass is 10.0. The second kappa shape index (κ2) is 10.7. The molecule has 9 heteroatoms. The van der Waals surface area contributed by atoms with Crippen LogP contribution in [0.2, 0.25) is 5.02 Å². The zero-order valence-electron chi connectivity index (χ0n) is 20.9. The minimum atomic E-state index is -0.0157. The molecule has 2 aromatic carbocycles. The van der Waals surface area contributed by atoms with E-state index in [-0.39, 0.29) is 11.8 Å². The summed E-state index contributed by atoms with van der Waals surface area (Å²) in [4.78, 5) is 31.6. The van der Waals surface area contributed by atoms with E-state index in [9.17, 15) is 9.90 Å². The number of benzene rings is 2. The van der Waals surface area contributed by atoms with Gasteiger partial charge in [0.25, 0.3) is 0 Å². The summed E-state index contributed by atoms with van der Waals surface area (Å²) in [5, 5.41) is 12.3. The van der Waals surface area contributed by atoms with Crippen LogP contribution in [0.15, 0.2) is 72.0 Å². The monoisotopic (exact) mass is 516 g/mol. The molecule has 1 aliphatic rings. The van der Waals surface area contributed by atoms with Crippen LogP contribution < -0.4 is 4.90 Å². The number of aromatic hydroxyl groups is 1. The Bertz CT molecular complexity index is 1440. The number of hydrogen-bond acceptors (Lipinski definition) is 6. The molecule has 3 heterocycles. The van der Waals surface area contributed by atoms with Crippen LogP contribution >= 0.6 is 11.6 Å². The van der Waals surface area contributed by atoms with Gasteiger partial charge in [-0.15, -0.1) is 0 Å². The van der Waals surface area contributed by atoms with E-state index in [4.69, 9.17) is 16.6 Å². The standard InChI is InChI=1S/C28H29ClN6O2/c1-33-12-14-35(15-13-33)18-25(36)34(2)24-10-11-30-17-23(24)31-27(19-6-4-3-5-7-19)26-21-9-8-20(29)16-22(21)32-28(26)37/h3-11,16-17,32,37H,12-15,18H2,1-2H3. The van der Waals surface area contributed by atoms with Crippen LogP contribution in [-0.4, -0.2) is 83.3 Å². The smallest absolute Gasteiger partial charge is 0.240 e. The van der Waals surface area contributed by atoms with Crippen molar-refractivity contribution in [3.63, 3.8) is 0 Å². The molecule has 1 fully saturated rings. The number of piperazine rings is 1. The van der Waals surface area contributed by atoms with Gasteiger partial charge in [-0.1, -0.05) is 48.0 Å². The molecule has 0 bridgehead atoms. The Morgan fingerprint density at radius 1 is 1.14 bits per heavy atom. The number of nitrogens with one attached hydrogen (secondary N) is 1. The minimum absolute atomic E-state index is 0.00944. The third-order valence-corrected chi connectivity index (χ3v) is 6.96. The molecule has 190 valence electrons. The van der Waals surface area contributed by atoms with Gasteiger partial charge in [-0.2, -0.15) is 0 Å². The molecule has 2 N–H and O–H groups in total. The molecule has 8 nitrogen and oxygen atoms in total. The highest BCUT2D eigenvalue weighted by atomic mass is 35.5. The third-order valence-electron chi connectivity index (χ3n) is 6.73. The summed E-state index contributed by atoms with van der Waals surface area (Å²) in [6.45, 7) is 3.95. The van der Waals surface area contributed by atoms with Gasteiger partial charge >= 0.3 is 0 Å². The largest absolute Gasteiger partial charge is 0.494 e. The van der Waals surface area contributed by atoms with Crippen LogP contribution in [0.25, 0.3) is 10.9 Å². The Hall–Kier alpha value is -3.72. The van der Waals surface area contributed by atoms with Gasteiger partial charge in [0.15, 0.2) is 5.88 Å². The maximum Gasteiger partial charge on any atom is 0.240 e. The summed E-state index contributed by atoms with van der Waals surface area (Å²) in [5.41, 5.74) is 3.80. The number of rotatable bonds is 6. The number of carbonyl (C=O) groups excluding carboxylic acids is 1. The number of fused-ring (bicyclic) bond motifs is 1. The van der Waals surface area contributed by atoms with Gasteiger partial charge in [0, 0.05) is 55.4 Å². The molecule has 4 aromatic rings. The van der Waals surface area contributed by atoms with Crippen molar-refractivity contribution in [2.75, 3.05) is 51.7 Å². The van der Waals surface area contributed by atoms with E-state index in [0.717, 1.165) is 37.1 Å². The number of pyridine rings is 1. The molecule has 0 atom stereocenters. The summed E-state index contributed by atoms with van der Waals surface area (Å²) in [6.07, 6.45) is 3.29. The molecular weight excluding hydrogens is 488 g/mol. The molecule has 0 radical (unpaired) electrons. The quantitative estimate of drug-likeness (QED) is 0.373. The third kappa shape index (κ3) is 5.36. The molecule has 1 saturated heterocycles. The number of aliphatic imine (C=N–C) groups is 1. The predicted octanol–water partition coefficient (Wildman–Crippen LogP) is 4.30. The van der Waals surface area contributed by atoms with Crippen molar-refractivity contribution in [3.8, 4) is 5.88 Å². The molecule has 37 heavy (non-hydrogen) atoms. The van der Waals surface area contributed by atoms with Gasteiger partial charge in [-0.25, -0.2) is 4.99 Å². The number of amides is 1. The van der Waals surface area contributed by atoms with E-state index in [1.807, 2.05) is 36.4 Å². The lowest BCUT2D eigenvalue weighted by Gasteiger charge is -2.32. The van der Waals surface area contributed by atoms with Gasteiger partial charge < -0.3 is 19.9 Å². The molecule has 5 rings (SSSR count). The zero-order valence-corrected chi connectivity index (χ0v) is 21.6. The predicted molar refractivity (Wildman–Crippen MR) is 148 cm³/mol. The van der Waals surface area contributed by atoms with Gasteiger partial charge in [0.05, 0.1) is 35.2 Å². The van der Waals surface area contributed by atoms with Crippen LogP contribution in [0, 0.1) is 0 Å². The molecular formula is C28H29ClN6O2. The fraction of sp³-hybridized carbons (Fsp3) is 0.250. The summed E-state index contributed by atoms with van der Waals surface area (Å²) < 4.78 is 0. The van der Waals surface area contributed by atoms with Crippen LogP contribution in [0.1, 0.15) is 11.1 Å². The first-order chi connectivity index (χ1) is 17.9. The molecule has 0 spiro atoms. The average molecular weight is 517 g/mol. The lowest BCUT2D eigenvalue weighted by Crippen LogP contribution is -2.48. The summed E-state index contributed by atoms with van der Waals surface area (Å²) in [5.74, 6) is -0.0251. The van der Waals surface area contributed by atoms with E-state index in [1.165, 1.54) is 0 Å². The molecule has 1 amide bonds. The maximum absolute atomic E-state index is 13.2. The van der Waals surface area contributed by atoms with Crippen LogP contribution in [0.4, 0.5) is 11.4 Å². The van der Waals surface area contributed by atoms with Crippen molar-refractivity contribution in [1.29, 1.82) is 0 Å². The highest BCUT2D eigenvalue weighted by molar-refractivity contribution is 6.31. The van der Waals surface area contributed by atoms with Crippen molar-refractivity contribution in [3.05, 3.63) is 83.1 Å². The maximum atomic E-state index is 13.2. The first-order valence-corrected chi connectivity index (χ1v) is 12.5. The zero-order chi connectivity index (χ0) is 25.9. The molecule has 0 unspecified atom stereocenters.